The Bertz CT molecular complexity index is 413. The van der Waals surface area contributed by atoms with Crippen molar-refractivity contribution in [2.45, 2.75) is 30.6 Å². The molecule has 2 rings (SSSR count). The maximum absolute atomic E-state index is 12.2. The van der Waals surface area contributed by atoms with Crippen LogP contribution in [0.2, 0.25) is 0 Å². The fraction of sp³-hybridized carbons (Fsp3) is 0.385. The molecule has 1 fully saturated rings. The van der Waals surface area contributed by atoms with Crippen LogP contribution in [0.25, 0.3) is 0 Å². The lowest BCUT2D eigenvalue weighted by atomic mass is 9.82. The largest absolute Gasteiger partial charge is 0.297 e. The van der Waals surface area contributed by atoms with Crippen LogP contribution >= 0.6 is 11.6 Å². The predicted molar refractivity (Wildman–Crippen MR) is 62.8 cm³/mol. The van der Waals surface area contributed by atoms with Crippen molar-refractivity contribution < 1.29 is 9.59 Å². The Kier molecular flexibility index (Phi) is 3.10. The van der Waals surface area contributed by atoms with E-state index in [9.17, 15) is 9.59 Å². The van der Waals surface area contributed by atoms with Crippen molar-refractivity contribution in [3.8, 4) is 0 Å². The average molecular weight is 237 g/mol. The van der Waals surface area contributed by atoms with Gasteiger partial charge in [0.15, 0.2) is 16.4 Å². The first-order chi connectivity index (χ1) is 7.64. The van der Waals surface area contributed by atoms with E-state index in [-0.39, 0.29) is 11.6 Å². The fourth-order valence-corrected chi connectivity index (χ4v) is 2.39. The fourth-order valence-electron chi connectivity index (χ4n) is 2.05. The lowest BCUT2D eigenvalue weighted by Crippen LogP contribution is -2.43. The van der Waals surface area contributed by atoms with Crippen LogP contribution in [-0.2, 0) is 4.79 Å². The van der Waals surface area contributed by atoms with Gasteiger partial charge in [0.1, 0.15) is 0 Å². The molecule has 0 amide bonds. The Morgan fingerprint density at radius 1 is 1.19 bits per heavy atom. The Morgan fingerprint density at radius 2 is 1.88 bits per heavy atom. The lowest BCUT2D eigenvalue weighted by molar-refractivity contribution is -0.121. The summed E-state index contributed by atoms with van der Waals surface area (Å²) in [5.41, 5.74) is 0.521. The van der Waals surface area contributed by atoms with Gasteiger partial charge in [0, 0.05) is 12.0 Å². The van der Waals surface area contributed by atoms with Crippen LogP contribution in [0, 0.1) is 0 Å². The highest BCUT2D eigenvalue weighted by Crippen LogP contribution is 2.34. The first-order valence-corrected chi connectivity index (χ1v) is 5.84. The van der Waals surface area contributed by atoms with Gasteiger partial charge < -0.3 is 0 Å². The van der Waals surface area contributed by atoms with Crippen LogP contribution in [0.5, 0.6) is 0 Å². The van der Waals surface area contributed by atoms with Crippen molar-refractivity contribution in [1.82, 2.24) is 0 Å². The molecule has 0 spiro atoms. The first kappa shape index (κ1) is 11.3. The number of ketones is 2. The van der Waals surface area contributed by atoms with Crippen LogP contribution in [0.3, 0.4) is 0 Å². The summed E-state index contributed by atoms with van der Waals surface area (Å²) >= 11 is 6.21. The van der Waals surface area contributed by atoms with Crippen LogP contribution in [-0.4, -0.2) is 16.4 Å². The van der Waals surface area contributed by atoms with E-state index in [1.807, 2.05) is 6.07 Å². The van der Waals surface area contributed by atoms with Gasteiger partial charge >= 0.3 is 0 Å². The monoisotopic (exact) mass is 236 g/mol. The van der Waals surface area contributed by atoms with Gasteiger partial charge in [-0.3, -0.25) is 9.59 Å². The molecule has 84 valence electrons. The molecule has 1 aromatic rings. The number of rotatable bonds is 2. The average Bonchev–Trinajstić information content (AvgIpc) is 2.33. The van der Waals surface area contributed by atoms with E-state index in [0.29, 0.717) is 18.4 Å². The summed E-state index contributed by atoms with van der Waals surface area (Å²) in [6, 6.07) is 8.80. The zero-order chi connectivity index (χ0) is 11.6. The molecule has 1 aliphatic carbocycles. The SMILES string of the molecule is O=C1CCCCC1(Cl)C(=O)c1ccccc1. The number of carbonyl (C=O) groups excluding carboxylic acids is 2. The van der Waals surface area contributed by atoms with Gasteiger partial charge in [-0.25, -0.2) is 0 Å². The van der Waals surface area contributed by atoms with Gasteiger partial charge in [-0.1, -0.05) is 36.8 Å². The highest BCUT2D eigenvalue weighted by atomic mass is 35.5. The van der Waals surface area contributed by atoms with Gasteiger partial charge in [-0.15, -0.1) is 11.6 Å². The van der Waals surface area contributed by atoms with E-state index in [2.05, 4.69) is 0 Å². The van der Waals surface area contributed by atoms with E-state index in [0.717, 1.165) is 12.8 Å². The number of benzene rings is 1. The Hall–Kier alpha value is -1.15. The summed E-state index contributed by atoms with van der Waals surface area (Å²) < 4.78 is 0. The van der Waals surface area contributed by atoms with Crippen molar-refractivity contribution in [2.24, 2.45) is 0 Å². The third-order valence-corrected chi connectivity index (χ3v) is 3.58. The van der Waals surface area contributed by atoms with Gasteiger partial charge in [-0.2, -0.15) is 0 Å². The van der Waals surface area contributed by atoms with Gasteiger partial charge in [-0.05, 0) is 12.8 Å². The number of alkyl halides is 1. The highest BCUT2D eigenvalue weighted by molar-refractivity contribution is 6.49. The van der Waals surface area contributed by atoms with Crippen LogP contribution in [0.1, 0.15) is 36.0 Å². The summed E-state index contributed by atoms with van der Waals surface area (Å²) in [7, 11) is 0. The minimum atomic E-state index is -1.31. The second-order valence-electron chi connectivity index (χ2n) is 4.13. The maximum Gasteiger partial charge on any atom is 0.191 e. The predicted octanol–water partition coefficient (Wildman–Crippen LogP) is 2.99. The lowest BCUT2D eigenvalue weighted by Gasteiger charge is -2.28. The summed E-state index contributed by atoms with van der Waals surface area (Å²) in [5.74, 6) is -0.381. The minimum absolute atomic E-state index is 0.130. The number of hydrogen-bond donors (Lipinski definition) is 0. The van der Waals surface area contributed by atoms with Crippen LogP contribution in [0.4, 0.5) is 0 Å². The first-order valence-electron chi connectivity index (χ1n) is 5.47. The molecule has 1 saturated carbocycles. The summed E-state index contributed by atoms with van der Waals surface area (Å²) in [4.78, 5) is 22.7. The molecule has 0 N–H and O–H groups in total. The van der Waals surface area contributed by atoms with E-state index in [1.54, 1.807) is 24.3 Å². The molecule has 0 aliphatic heterocycles. The van der Waals surface area contributed by atoms with Gasteiger partial charge in [0.05, 0.1) is 0 Å². The molecule has 1 atom stereocenters. The van der Waals surface area contributed by atoms with E-state index in [4.69, 9.17) is 11.6 Å². The molecule has 1 aliphatic rings. The molecule has 1 aromatic carbocycles. The van der Waals surface area contributed by atoms with Crippen LogP contribution in [0.15, 0.2) is 30.3 Å². The number of hydrogen-bond acceptors (Lipinski definition) is 2. The quantitative estimate of drug-likeness (QED) is 0.449. The molecule has 0 radical (unpaired) electrons. The number of carbonyl (C=O) groups is 2. The van der Waals surface area contributed by atoms with Crippen molar-refractivity contribution in [3.63, 3.8) is 0 Å². The molecule has 2 nitrogen and oxygen atoms in total. The summed E-state index contributed by atoms with van der Waals surface area (Å²) in [6.07, 6.45) is 2.56. The van der Waals surface area contributed by atoms with Gasteiger partial charge in [0.2, 0.25) is 0 Å². The topological polar surface area (TPSA) is 34.1 Å². The third kappa shape index (κ3) is 1.90. The maximum atomic E-state index is 12.2. The van der Waals surface area contributed by atoms with Crippen LogP contribution < -0.4 is 0 Å². The van der Waals surface area contributed by atoms with E-state index in [1.165, 1.54) is 0 Å². The zero-order valence-electron chi connectivity index (χ0n) is 8.91. The van der Waals surface area contributed by atoms with Crippen molar-refractivity contribution in [3.05, 3.63) is 35.9 Å². The Labute approximate surface area is 99.6 Å². The normalized spacial score (nSPS) is 25.4. The molecular formula is C13H13ClO2. The second-order valence-corrected chi connectivity index (χ2v) is 4.77. The molecular weight excluding hydrogens is 224 g/mol. The van der Waals surface area contributed by atoms with Gasteiger partial charge in [0.25, 0.3) is 0 Å². The molecule has 0 saturated heterocycles. The Morgan fingerprint density at radius 3 is 2.50 bits per heavy atom. The minimum Gasteiger partial charge on any atom is -0.297 e. The standard InChI is InChI=1S/C13H13ClO2/c14-13(9-5-4-8-11(13)15)12(16)10-6-2-1-3-7-10/h1-3,6-7H,4-5,8-9H2. The molecule has 0 heterocycles. The molecule has 0 bridgehead atoms. The van der Waals surface area contributed by atoms with E-state index >= 15 is 0 Å². The molecule has 0 aromatic heterocycles. The zero-order valence-corrected chi connectivity index (χ0v) is 9.67. The highest BCUT2D eigenvalue weighted by Gasteiger charge is 2.44. The van der Waals surface area contributed by atoms with E-state index < -0.39 is 4.87 Å². The van der Waals surface area contributed by atoms with Crippen molar-refractivity contribution in [1.29, 1.82) is 0 Å². The third-order valence-electron chi connectivity index (χ3n) is 3.01. The van der Waals surface area contributed by atoms with Crippen molar-refractivity contribution in [2.75, 3.05) is 0 Å². The molecule has 16 heavy (non-hydrogen) atoms. The molecule has 3 heteroatoms. The Balaban J connectivity index is 2.30. The summed E-state index contributed by atoms with van der Waals surface area (Å²) in [5, 5.41) is 0. The second kappa shape index (κ2) is 4.38. The number of halogens is 1. The smallest absolute Gasteiger partial charge is 0.191 e. The van der Waals surface area contributed by atoms with Crippen molar-refractivity contribution >= 4 is 23.2 Å². The molecule has 1 unspecified atom stereocenters. The number of Topliss-reactive ketones (excluding diaryl/α,β-unsaturated/α-hetero) is 2. The summed E-state index contributed by atoms with van der Waals surface area (Å²) in [6.45, 7) is 0.